The number of nitrogens with zero attached hydrogens (tertiary/aromatic N) is 5. The number of hydrogen-bond acceptors (Lipinski definition) is 24. The van der Waals surface area contributed by atoms with Gasteiger partial charge in [0.05, 0.1) is 62.1 Å². The van der Waals surface area contributed by atoms with Gasteiger partial charge >= 0.3 is 11.9 Å². The number of azo groups is 1. The first kappa shape index (κ1) is 50.8. The third kappa shape index (κ3) is 13.5. The van der Waals surface area contributed by atoms with Crippen molar-refractivity contribution in [3.63, 3.8) is 0 Å². The molecule has 0 aliphatic rings. The molecule has 1 aromatic heterocycles. The lowest BCUT2D eigenvalue weighted by atomic mass is 10.1. The fourth-order valence-corrected chi connectivity index (χ4v) is 8.70. The second-order valence-electron chi connectivity index (χ2n) is 13.1. The Kier molecular flexibility index (Phi) is 16.8. The summed E-state index contributed by atoms with van der Waals surface area (Å²) >= 11 is 1.68. The molecule has 26 nitrogen and oxygen atoms in total. The molecule has 0 atom stereocenters. The molecule has 0 saturated heterocycles. The van der Waals surface area contributed by atoms with Gasteiger partial charge in [0.1, 0.15) is 11.4 Å². The van der Waals surface area contributed by atoms with Gasteiger partial charge in [0, 0.05) is 27.3 Å². The van der Waals surface area contributed by atoms with Gasteiger partial charge < -0.3 is 31.3 Å². The number of thioether (sulfide) groups is 1. The highest BCUT2D eigenvalue weighted by molar-refractivity contribution is 7.99. The molecular weight excluding hydrogens is 1000 g/mol. The lowest BCUT2D eigenvalue weighted by molar-refractivity contribution is -0.432. The number of aromatic nitrogens is 3. The number of aromatic carboxylic acids is 2. The molecule has 0 spiro atoms. The third-order valence-electron chi connectivity index (χ3n) is 8.62. The number of amides is 1. The van der Waals surface area contributed by atoms with E-state index in [0.717, 1.165) is 36.0 Å². The molecule has 0 radical (unpaired) electrons. The van der Waals surface area contributed by atoms with Crippen molar-refractivity contribution < 1.29 is 84.9 Å². The number of fused-ring (bicyclic) bond motifs is 1. The molecule has 0 aliphatic heterocycles. The highest BCUT2D eigenvalue weighted by Crippen LogP contribution is 2.47. The third-order valence-corrected chi connectivity index (χ3v) is 12.4. The van der Waals surface area contributed by atoms with Crippen LogP contribution < -0.4 is 16.0 Å². The maximum Gasteiger partial charge on any atom is 0.338 e. The molecule has 0 bridgehead atoms. The molecule has 6 aromatic rings. The summed E-state index contributed by atoms with van der Waals surface area (Å²) < 4.78 is 75.4. The molecule has 68 heavy (non-hydrogen) atoms. The monoisotopic (exact) mass is 1030 g/mol. The van der Waals surface area contributed by atoms with E-state index in [1.165, 1.54) is 54.6 Å². The summed E-state index contributed by atoms with van der Waals surface area (Å²) in [6.45, 7) is 0. The number of carbonyl (C=O) groups excluding carboxylic acids is 1. The number of phenolic OH excluding ortho intramolecular Hbond substituents is 1. The quantitative estimate of drug-likeness (QED) is 0.00590. The number of phenols is 1. The van der Waals surface area contributed by atoms with E-state index in [2.05, 4.69) is 59.9 Å². The van der Waals surface area contributed by atoms with Crippen molar-refractivity contribution in [2.24, 2.45) is 10.2 Å². The van der Waals surface area contributed by atoms with Gasteiger partial charge in [-0.15, -0.1) is 18.9 Å². The Morgan fingerprint density at radius 2 is 1.44 bits per heavy atom. The molecule has 31 heteroatoms. The fourth-order valence-electron chi connectivity index (χ4n) is 5.80. The second-order valence-corrected chi connectivity index (χ2v) is 18.7. The van der Waals surface area contributed by atoms with Gasteiger partial charge in [-0.2, -0.15) is 31.8 Å². The maximum absolute atomic E-state index is 14.0. The first-order valence-electron chi connectivity index (χ1n) is 18.3. The maximum atomic E-state index is 14.0. The summed E-state index contributed by atoms with van der Waals surface area (Å²) in [7, 11) is -9.25. The van der Waals surface area contributed by atoms with Crippen LogP contribution in [0.4, 0.5) is 40.3 Å². The van der Waals surface area contributed by atoms with E-state index >= 15 is 0 Å². The summed E-state index contributed by atoms with van der Waals surface area (Å²) in [5.74, 6) is -5.14. The van der Waals surface area contributed by atoms with E-state index in [1.807, 2.05) is 0 Å². The van der Waals surface area contributed by atoms with Gasteiger partial charge in [-0.3, -0.25) is 13.9 Å². The normalized spacial score (nSPS) is 11.8. The summed E-state index contributed by atoms with van der Waals surface area (Å²) in [4.78, 5) is 50.0. The number of para-hydroxylation sites is 1. The molecule has 0 saturated carbocycles. The lowest BCUT2D eigenvalue weighted by Gasteiger charge is -2.15. The number of rotatable bonds is 22. The van der Waals surface area contributed by atoms with Crippen molar-refractivity contribution in [3.8, 4) is 5.75 Å². The van der Waals surface area contributed by atoms with Crippen molar-refractivity contribution in [3.05, 3.63) is 102 Å². The van der Waals surface area contributed by atoms with Crippen LogP contribution in [-0.4, -0.2) is 96.1 Å². The van der Waals surface area contributed by atoms with Crippen LogP contribution in [0.15, 0.2) is 115 Å². The van der Waals surface area contributed by atoms with Crippen molar-refractivity contribution >= 4 is 125 Å². The van der Waals surface area contributed by atoms with Crippen LogP contribution in [0.25, 0.3) is 10.8 Å². The van der Waals surface area contributed by atoms with Crippen LogP contribution in [0.1, 0.15) is 37.5 Å². The number of aromatic hydroxyl groups is 1. The average molecular weight is 1040 g/mol. The Balaban J connectivity index is 1.36. The summed E-state index contributed by atoms with van der Waals surface area (Å²) in [6.07, 6.45) is 0.0144. The van der Waals surface area contributed by atoms with Gasteiger partial charge in [0.15, 0.2) is 10.9 Å². The van der Waals surface area contributed by atoms with Crippen molar-refractivity contribution in [1.82, 2.24) is 15.0 Å². The minimum absolute atomic E-state index is 0.0144. The molecule has 1 amide bonds. The van der Waals surface area contributed by atoms with Crippen LogP contribution in [0.3, 0.4) is 0 Å². The van der Waals surface area contributed by atoms with E-state index in [4.69, 9.17) is 15.1 Å². The second kappa shape index (κ2) is 22.5. The predicted octanol–water partition coefficient (Wildman–Crippen LogP) is 7.76. The fraction of sp³-hybridized carbons (Fsp3) is 0.0811. The number of hydrogen-bond donors (Lipinski definition) is 10. The number of anilines is 5. The molecule has 0 unspecified atom stereocenters. The van der Waals surface area contributed by atoms with E-state index in [9.17, 15) is 51.1 Å². The molecule has 10 N–H and O–H groups in total. The lowest BCUT2D eigenvalue weighted by Crippen LogP contribution is -2.13. The number of carboxylic acids is 2. The molecular formula is C37H30N8O18S5. The molecule has 356 valence electrons. The molecule has 6 rings (SSSR count). The Hall–Kier alpha value is -6.59. The molecule has 1 heterocycles. The zero-order valence-electron chi connectivity index (χ0n) is 33.6. The van der Waals surface area contributed by atoms with E-state index in [0.29, 0.717) is 12.0 Å². The topological polar surface area (TPSA) is 397 Å². The van der Waals surface area contributed by atoms with E-state index in [1.54, 1.807) is 6.07 Å². The predicted molar refractivity (Wildman–Crippen MR) is 240 cm³/mol. The summed E-state index contributed by atoms with van der Waals surface area (Å²) in [5, 5.41) is 71.5. The Bertz CT molecular complexity index is 3170. The number of carboxylic acid groups (broad SMARTS) is 2. The standard InChI is InChI=1S/C37H30N8O18S5/c46-31-29-19(15-28(66-63-61-53)30(31)45-44-26-10-9-21(65-62-60-52)16-24(26)34(50)51)14-22(68(57,58)59)17-27(29)39-32(47)18-5-3-6-20(13-18)38-35-41-36(40-25-8-2-1-7-23(25)33(48)49)43-37(42-35)64-11-4-12-67(54,55)56/h1-3,5-10,13-17,46,52-53H,4,11-12H2,(H,39,47)(H,48,49)(H,50,51)(H,54,55,56)(H,57,58,59)(H2,38,40,41,42,43). The van der Waals surface area contributed by atoms with Gasteiger partial charge in [-0.25, -0.2) is 20.1 Å². The minimum atomic E-state index is -5.00. The minimum Gasteiger partial charge on any atom is -0.505 e. The van der Waals surface area contributed by atoms with Crippen molar-refractivity contribution in [2.75, 3.05) is 27.5 Å². The van der Waals surface area contributed by atoms with Crippen LogP contribution >= 0.6 is 35.8 Å². The summed E-state index contributed by atoms with van der Waals surface area (Å²) in [5.41, 5.74) is -1.52. The molecule has 0 fully saturated rings. The highest BCUT2D eigenvalue weighted by Gasteiger charge is 2.24. The zero-order chi connectivity index (χ0) is 49.2. The SMILES string of the molecule is O=C(Nc1cc(S(=O)(=O)O)cc2cc(SOOO)c(N=Nc3ccc(SOOO)cc3C(=O)O)c(O)c12)c1cccc(Nc2nc(Nc3ccccc3C(=O)O)nc(SCCCS(=O)(=O)O)n2)c1. The van der Waals surface area contributed by atoms with Crippen LogP contribution in [-0.2, 0) is 39.0 Å². The summed E-state index contributed by atoms with van der Waals surface area (Å²) in [6, 6.07) is 18.0. The number of carbonyl (C=O) groups is 3. The van der Waals surface area contributed by atoms with Crippen LogP contribution in [0.5, 0.6) is 5.75 Å². The van der Waals surface area contributed by atoms with E-state index < -0.39 is 71.4 Å². The largest absolute Gasteiger partial charge is 0.505 e. The smallest absolute Gasteiger partial charge is 0.338 e. The Labute approximate surface area is 394 Å². The van der Waals surface area contributed by atoms with Gasteiger partial charge in [0.2, 0.25) is 11.9 Å². The highest BCUT2D eigenvalue weighted by atomic mass is 32.2. The molecule has 0 aliphatic carbocycles. The zero-order valence-corrected chi connectivity index (χ0v) is 37.7. The number of nitrogens with one attached hydrogen (secondary N) is 3. The van der Waals surface area contributed by atoms with Crippen molar-refractivity contribution in [2.45, 2.75) is 26.3 Å². The Morgan fingerprint density at radius 1 is 0.735 bits per heavy atom. The number of benzene rings is 5. The average Bonchev–Trinajstić information content (AvgIpc) is 3.28. The Morgan fingerprint density at radius 3 is 2.13 bits per heavy atom. The van der Waals surface area contributed by atoms with Gasteiger partial charge in [0.25, 0.3) is 26.1 Å². The first-order chi connectivity index (χ1) is 32.3. The first-order valence-corrected chi connectivity index (χ1v) is 23.9. The van der Waals surface area contributed by atoms with Gasteiger partial charge in [-0.05, 0) is 78.5 Å². The molecule has 5 aromatic carbocycles. The van der Waals surface area contributed by atoms with E-state index in [-0.39, 0.29) is 90.0 Å². The van der Waals surface area contributed by atoms with Crippen LogP contribution in [0, 0.1) is 0 Å². The van der Waals surface area contributed by atoms with Crippen molar-refractivity contribution in [1.29, 1.82) is 0 Å². The van der Waals surface area contributed by atoms with Crippen LogP contribution in [0.2, 0.25) is 0 Å². The van der Waals surface area contributed by atoms with Gasteiger partial charge in [-0.1, -0.05) is 40.0 Å².